The van der Waals surface area contributed by atoms with Gasteiger partial charge in [-0.2, -0.15) is 0 Å². The smallest absolute Gasteiger partial charge is 0.253 e. The van der Waals surface area contributed by atoms with Crippen LogP contribution in [-0.2, 0) is 29.0 Å². The van der Waals surface area contributed by atoms with Crippen LogP contribution in [0, 0.1) is 0 Å². The summed E-state index contributed by atoms with van der Waals surface area (Å²) in [6.45, 7) is 4.78. The Morgan fingerprint density at radius 2 is 1.45 bits per heavy atom. The quantitative estimate of drug-likeness (QED) is 0.685. The van der Waals surface area contributed by atoms with Crippen LogP contribution in [0.25, 0.3) is 0 Å². The second-order valence-electron chi connectivity index (χ2n) is 5.86. The number of hydrogen-bond donors (Lipinski definition) is 0. The average molecular weight is 299 g/mol. The lowest BCUT2D eigenvalue weighted by Crippen LogP contribution is -2.29. The molecule has 0 saturated carbocycles. The molecule has 0 bridgehead atoms. The number of hydrogen-bond acceptors (Lipinski definition) is 2. The fourth-order valence-corrected chi connectivity index (χ4v) is 2.87. The maximum absolute atomic E-state index is 11.8. The molecule has 1 aliphatic rings. The molecular weight excluding hydrogens is 274 g/mol. The number of aryl methyl sites for hydroxylation is 1. The lowest BCUT2D eigenvalue weighted by atomic mass is 9.93. The van der Waals surface area contributed by atoms with Gasteiger partial charge in [-0.3, -0.25) is 14.5 Å². The highest BCUT2D eigenvalue weighted by molar-refractivity contribution is 6.12. The van der Waals surface area contributed by atoms with Crippen molar-refractivity contribution in [2.45, 2.75) is 58.9 Å². The molecule has 1 aliphatic heterocycles. The van der Waals surface area contributed by atoms with E-state index in [-0.39, 0.29) is 11.8 Å². The molecular formula is C19H25NO2. The summed E-state index contributed by atoms with van der Waals surface area (Å²) in [5, 5.41) is 0. The van der Waals surface area contributed by atoms with E-state index >= 15 is 0 Å². The first kappa shape index (κ1) is 16.5. The van der Waals surface area contributed by atoms with Gasteiger partial charge >= 0.3 is 0 Å². The van der Waals surface area contributed by atoms with E-state index in [4.69, 9.17) is 0 Å². The largest absolute Gasteiger partial charge is 0.271 e. The minimum absolute atomic E-state index is 0.203. The number of benzene rings is 1. The van der Waals surface area contributed by atoms with Crippen molar-refractivity contribution in [1.82, 2.24) is 4.90 Å². The fourth-order valence-electron chi connectivity index (χ4n) is 2.87. The summed E-state index contributed by atoms with van der Waals surface area (Å²) in [4.78, 5) is 24.9. The second kappa shape index (κ2) is 7.92. The van der Waals surface area contributed by atoms with Crippen molar-refractivity contribution in [1.29, 1.82) is 0 Å². The average Bonchev–Trinajstić information content (AvgIpc) is 2.83. The maximum Gasteiger partial charge on any atom is 0.253 e. The fraction of sp³-hybridized carbons (Fsp3) is 0.474. The molecule has 1 heterocycles. The van der Waals surface area contributed by atoms with Crippen LogP contribution in [0.15, 0.2) is 30.4 Å². The number of rotatable bonds is 8. The number of imide groups is 1. The van der Waals surface area contributed by atoms with Crippen molar-refractivity contribution in [2.24, 2.45) is 0 Å². The van der Waals surface area contributed by atoms with Crippen LogP contribution < -0.4 is 0 Å². The van der Waals surface area contributed by atoms with E-state index in [0.717, 1.165) is 31.2 Å². The Balaban J connectivity index is 2.24. The van der Waals surface area contributed by atoms with Gasteiger partial charge in [0, 0.05) is 12.2 Å². The van der Waals surface area contributed by atoms with E-state index < -0.39 is 0 Å². The van der Waals surface area contributed by atoms with Gasteiger partial charge in [0.2, 0.25) is 0 Å². The minimum Gasteiger partial charge on any atom is -0.271 e. The highest BCUT2D eigenvalue weighted by atomic mass is 16.2. The third kappa shape index (κ3) is 3.85. The van der Waals surface area contributed by atoms with Gasteiger partial charge in [-0.25, -0.2) is 0 Å². The monoisotopic (exact) mass is 299 g/mol. The van der Waals surface area contributed by atoms with Crippen molar-refractivity contribution < 1.29 is 9.59 Å². The van der Waals surface area contributed by atoms with Crippen molar-refractivity contribution >= 4 is 11.8 Å². The second-order valence-corrected chi connectivity index (χ2v) is 5.86. The van der Waals surface area contributed by atoms with Crippen LogP contribution in [0.1, 0.15) is 56.2 Å². The van der Waals surface area contributed by atoms with Crippen molar-refractivity contribution in [3.8, 4) is 0 Å². The van der Waals surface area contributed by atoms with Crippen LogP contribution in [0.4, 0.5) is 0 Å². The summed E-state index contributed by atoms with van der Waals surface area (Å²) in [6, 6.07) is 6.30. The van der Waals surface area contributed by atoms with Gasteiger partial charge in [0.1, 0.15) is 0 Å². The molecule has 0 atom stereocenters. The molecule has 2 amide bonds. The Morgan fingerprint density at radius 3 is 2.09 bits per heavy atom. The zero-order chi connectivity index (χ0) is 15.9. The van der Waals surface area contributed by atoms with Crippen molar-refractivity contribution in [3.63, 3.8) is 0 Å². The van der Waals surface area contributed by atoms with E-state index in [0.29, 0.717) is 6.54 Å². The third-order valence-corrected chi connectivity index (χ3v) is 4.18. The molecule has 3 heteroatoms. The summed E-state index contributed by atoms with van der Waals surface area (Å²) in [6.07, 6.45) is 9.43. The predicted molar refractivity (Wildman–Crippen MR) is 88.4 cm³/mol. The van der Waals surface area contributed by atoms with Gasteiger partial charge in [-0.05, 0) is 42.4 Å². The summed E-state index contributed by atoms with van der Waals surface area (Å²) >= 11 is 0. The van der Waals surface area contributed by atoms with Gasteiger partial charge in [-0.15, -0.1) is 0 Å². The first-order valence-corrected chi connectivity index (χ1v) is 8.30. The summed E-state index contributed by atoms with van der Waals surface area (Å²) in [5.41, 5.74) is 3.83. The molecule has 0 N–H and O–H groups in total. The van der Waals surface area contributed by atoms with E-state index in [1.54, 1.807) is 0 Å². The van der Waals surface area contributed by atoms with E-state index in [9.17, 15) is 9.59 Å². The molecule has 1 aromatic rings. The minimum atomic E-state index is -0.203. The highest BCUT2D eigenvalue weighted by Gasteiger charge is 2.24. The Labute approximate surface area is 133 Å². The van der Waals surface area contributed by atoms with Crippen LogP contribution in [0.5, 0.6) is 0 Å². The number of carbonyl (C=O) groups is 2. The molecule has 0 radical (unpaired) electrons. The maximum atomic E-state index is 11.8. The molecule has 118 valence electrons. The molecule has 1 aromatic carbocycles. The number of carbonyl (C=O) groups excluding carboxylic acids is 2. The van der Waals surface area contributed by atoms with Gasteiger partial charge in [0.05, 0.1) is 6.54 Å². The molecule has 2 rings (SSSR count). The molecule has 0 aromatic heterocycles. The Hall–Kier alpha value is -1.90. The van der Waals surface area contributed by atoms with Gasteiger partial charge in [0.15, 0.2) is 0 Å². The number of unbranched alkanes of at least 4 members (excludes halogenated alkanes) is 2. The van der Waals surface area contributed by atoms with Crippen LogP contribution in [0.2, 0.25) is 0 Å². The van der Waals surface area contributed by atoms with E-state index in [1.807, 2.05) is 6.07 Å². The first-order chi connectivity index (χ1) is 10.7. The molecule has 0 spiro atoms. The van der Waals surface area contributed by atoms with E-state index in [1.165, 1.54) is 41.0 Å². The van der Waals surface area contributed by atoms with Crippen molar-refractivity contribution in [2.75, 3.05) is 0 Å². The van der Waals surface area contributed by atoms with Crippen LogP contribution in [0.3, 0.4) is 0 Å². The van der Waals surface area contributed by atoms with E-state index in [2.05, 4.69) is 26.0 Å². The number of nitrogens with zero attached hydrogens (tertiary/aromatic N) is 1. The number of amides is 2. The summed E-state index contributed by atoms with van der Waals surface area (Å²) < 4.78 is 0. The van der Waals surface area contributed by atoms with Crippen LogP contribution >= 0.6 is 0 Å². The lowest BCUT2D eigenvalue weighted by molar-refractivity contribution is -0.137. The van der Waals surface area contributed by atoms with Gasteiger partial charge in [-0.1, -0.05) is 44.9 Å². The van der Waals surface area contributed by atoms with Gasteiger partial charge < -0.3 is 0 Å². The Morgan fingerprint density at radius 1 is 0.864 bits per heavy atom. The lowest BCUT2D eigenvalue weighted by Gasteiger charge is -2.19. The third-order valence-electron chi connectivity index (χ3n) is 4.18. The first-order valence-electron chi connectivity index (χ1n) is 8.30. The summed E-state index contributed by atoms with van der Waals surface area (Å²) in [5.74, 6) is -0.407. The van der Waals surface area contributed by atoms with Gasteiger partial charge in [0.25, 0.3) is 11.8 Å². The zero-order valence-corrected chi connectivity index (χ0v) is 13.6. The molecule has 0 aliphatic carbocycles. The Kier molecular flexibility index (Phi) is 5.93. The normalized spacial score (nSPS) is 14.2. The van der Waals surface area contributed by atoms with Crippen LogP contribution in [-0.4, -0.2) is 16.7 Å². The summed E-state index contributed by atoms with van der Waals surface area (Å²) in [7, 11) is 0. The molecule has 3 nitrogen and oxygen atoms in total. The standard InChI is InChI=1S/C19H25NO2/c1-3-5-8-15-9-7-10-16(17(15)11-6-4-2)14-20-18(21)12-13-19(20)22/h7,9-10,12-13H,3-6,8,11,14H2,1-2H3. The topological polar surface area (TPSA) is 37.4 Å². The molecule has 22 heavy (non-hydrogen) atoms. The Bertz CT molecular complexity index is 557. The molecule has 0 saturated heterocycles. The predicted octanol–water partition coefficient (Wildman–Crippen LogP) is 3.80. The molecule has 0 fully saturated rings. The zero-order valence-electron chi connectivity index (χ0n) is 13.6. The SMILES string of the molecule is CCCCc1cccc(CN2C(=O)C=CC2=O)c1CCCC. The molecule has 0 unspecified atom stereocenters. The highest BCUT2D eigenvalue weighted by Crippen LogP contribution is 2.22. The van der Waals surface area contributed by atoms with Crippen molar-refractivity contribution in [3.05, 3.63) is 47.0 Å².